The van der Waals surface area contributed by atoms with Crippen LogP contribution in [0, 0.1) is 5.92 Å². The fourth-order valence-electron chi connectivity index (χ4n) is 6.55. The molecule has 54 heavy (non-hydrogen) atoms. The highest BCUT2D eigenvalue weighted by Crippen LogP contribution is 2.23. The number of ether oxygens (including phenoxy) is 2. The van der Waals surface area contributed by atoms with Gasteiger partial charge in [0.05, 0.1) is 46.9 Å². The Hall–Kier alpha value is -4.17. The minimum Gasteiger partial charge on any atom is -0.444 e. The summed E-state index contributed by atoms with van der Waals surface area (Å²) in [5.41, 5.74) is 4.80. The SMILES string of the molecule is CC(C)c1nc(CN(C)C(=O)NC(CCN2CCOCC2)C(=O)C[C@H](CC[C@H](Cc2ccccc2)NC(=O)OCc2cncs2)Cc2ccccc2)cs1. The predicted molar refractivity (Wildman–Crippen MR) is 214 cm³/mol. The van der Waals surface area contributed by atoms with Gasteiger partial charge in [0.15, 0.2) is 5.78 Å². The Morgan fingerprint density at radius 3 is 2.28 bits per heavy atom. The van der Waals surface area contributed by atoms with Crippen LogP contribution in [0.3, 0.4) is 0 Å². The summed E-state index contributed by atoms with van der Waals surface area (Å²) in [4.78, 5) is 54.5. The van der Waals surface area contributed by atoms with E-state index in [4.69, 9.17) is 14.5 Å². The molecule has 1 fully saturated rings. The highest BCUT2D eigenvalue weighted by molar-refractivity contribution is 7.09. The van der Waals surface area contributed by atoms with Gasteiger partial charge in [0.2, 0.25) is 0 Å². The molecule has 5 rings (SSSR count). The number of urea groups is 1. The van der Waals surface area contributed by atoms with E-state index in [1.807, 2.05) is 41.8 Å². The molecule has 0 bridgehead atoms. The maximum atomic E-state index is 14.3. The number of carbonyl (C=O) groups is 3. The van der Waals surface area contributed by atoms with E-state index >= 15 is 0 Å². The average Bonchev–Trinajstić information content (AvgIpc) is 3.89. The number of hydrogen-bond donors (Lipinski definition) is 2. The van der Waals surface area contributed by atoms with Gasteiger partial charge in [-0.15, -0.1) is 22.7 Å². The van der Waals surface area contributed by atoms with Crippen molar-refractivity contribution in [3.8, 4) is 0 Å². The molecule has 2 aromatic heterocycles. The molecule has 0 saturated carbocycles. The maximum absolute atomic E-state index is 14.3. The third-order valence-electron chi connectivity index (χ3n) is 9.59. The number of aromatic nitrogens is 2. The summed E-state index contributed by atoms with van der Waals surface area (Å²) in [5.74, 6) is 0.317. The van der Waals surface area contributed by atoms with Crippen molar-refractivity contribution < 1.29 is 23.9 Å². The second-order valence-electron chi connectivity index (χ2n) is 14.3. The van der Waals surface area contributed by atoms with E-state index in [9.17, 15) is 14.4 Å². The largest absolute Gasteiger partial charge is 0.444 e. The fourth-order valence-corrected chi connectivity index (χ4v) is 7.89. The zero-order valence-corrected chi connectivity index (χ0v) is 33.3. The van der Waals surface area contributed by atoms with E-state index in [2.05, 4.69) is 58.6 Å². The third-order valence-corrected chi connectivity index (χ3v) is 11.5. The molecule has 3 heterocycles. The second-order valence-corrected chi connectivity index (χ2v) is 16.2. The lowest BCUT2D eigenvalue weighted by Gasteiger charge is -2.29. The molecular formula is C41H54N6O5S2. The number of Topliss-reactive ketones (excluding diaryl/α,β-unsaturated/α-hetero) is 1. The van der Waals surface area contributed by atoms with Crippen molar-refractivity contribution in [1.29, 1.82) is 0 Å². The van der Waals surface area contributed by atoms with E-state index in [0.717, 1.165) is 39.8 Å². The lowest BCUT2D eigenvalue weighted by atomic mass is 9.86. The number of benzene rings is 2. The van der Waals surface area contributed by atoms with E-state index in [1.54, 1.807) is 35.0 Å². The van der Waals surface area contributed by atoms with Crippen LogP contribution in [0.15, 0.2) is 77.8 Å². The Morgan fingerprint density at radius 1 is 0.926 bits per heavy atom. The Kier molecular flexibility index (Phi) is 16.4. The molecule has 0 aliphatic carbocycles. The van der Waals surface area contributed by atoms with Crippen molar-refractivity contribution in [2.75, 3.05) is 39.9 Å². The van der Waals surface area contributed by atoms with E-state index in [1.165, 1.54) is 11.3 Å². The molecule has 290 valence electrons. The molecule has 3 atom stereocenters. The number of hydrogen-bond acceptors (Lipinski definition) is 10. The van der Waals surface area contributed by atoms with Crippen molar-refractivity contribution in [2.24, 2.45) is 5.92 Å². The molecule has 3 amide bonds. The van der Waals surface area contributed by atoms with Gasteiger partial charge in [0.1, 0.15) is 6.61 Å². The molecule has 1 saturated heterocycles. The highest BCUT2D eigenvalue weighted by Gasteiger charge is 2.28. The monoisotopic (exact) mass is 774 g/mol. The van der Waals surface area contributed by atoms with Gasteiger partial charge in [-0.1, -0.05) is 74.5 Å². The number of rotatable bonds is 20. The Labute approximate surface area is 327 Å². The van der Waals surface area contributed by atoms with Crippen molar-refractivity contribution in [2.45, 2.75) is 83.5 Å². The molecule has 1 aliphatic rings. The first-order valence-corrected chi connectivity index (χ1v) is 20.6. The Bertz CT molecular complexity index is 1700. The van der Waals surface area contributed by atoms with Crippen LogP contribution in [0.4, 0.5) is 9.59 Å². The first kappa shape index (κ1) is 41.0. The lowest BCUT2D eigenvalue weighted by molar-refractivity contribution is -0.122. The van der Waals surface area contributed by atoms with Crippen molar-refractivity contribution in [3.63, 3.8) is 0 Å². The third kappa shape index (κ3) is 13.9. The predicted octanol–water partition coefficient (Wildman–Crippen LogP) is 7.09. The van der Waals surface area contributed by atoms with Gasteiger partial charge in [-0.3, -0.25) is 14.7 Å². The number of carbonyl (C=O) groups excluding carboxylic acids is 3. The smallest absolute Gasteiger partial charge is 0.407 e. The van der Waals surface area contributed by atoms with Crippen molar-refractivity contribution in [1.82, 2.24) is 30.4 Å². The lowest BCUT2D eigenvalue weighted by Crippen LogP contribution is -2.49. The summed E-state index contributed by atoms with van der Waals surface area (Å²) in [6, 6.07) is 19.1. The van der Waals surface area contributed by atoms with Crippen LogP contribution in [0.25, 0.3) is 0 Å². The summed E-state index contributed by atoms with van der Waals surface area (Å²) in [5, 5.41) is 9.24. The Balaban J connectivity index is 1.28. The maximum Gasteiger partial charge on any atom is 0.407 e. The average molecular weight is 775 g/mol. The molecule has 0 spiro atoms. The zero-order chi connectivity index (χ0) is 38.1. The quantitative estimate of drug-likeness (QED) is 0.0976. The fraction of sp³-hybridized carbons (Fsp3) is 0.488. The number of amides is 3. The highest BCUT2D eigenvalue weighted by atomic mass is 32.1. The van der Waals surface area contributed by atoms with Gasteiger partial charge in [-0.05, 0) is 49.1 Å². The molecular weight excluding hydrogens is 721 g/mol. The molecule has 0 radical (unpaired) electrons. The first-order valence-electron chi connectivity index (χ1n) is 18.9. The van der Waals surface area contributed by atoms with Crippen LogP contribution >= 0.6 is 22.7 Å². The van der Waals surface area contributed by atoms with Crippen LogP contribution in [0.5, 0.6) is 0 Å². The number of morpholine rings is 1. The molecule has 2 N–H and O–H groups in total. The summed E-state index contributed by atoms with van der Waals surface area (Å²) in [7, 11) is 1.74. The summed E-state index contributed by atoms with van der Waals surface area (Å²) < 4.78 is 11.1. The van der Waals surface area contributed by atoms with Gasteiger partial charge in [-0.25, -0.2) is 14.6 Å². The molecule has 13 heteroatoms. The Morgan fingerprint density at radius 2 is 1.63 bits per heavy atom. The molecule has 2 aromatic carbocycles. The number of ketones is 1. The van der Waals surface area contributed by atoms with Crippen LogP contribution in [0.1, 0.15) is 72.2 Å². The first-order chi connectivity index (χ1) is 26.2. The normalized spacial score (nSPS) is 15.0. The molecule has 11 nitrogen and oxygen atoms in total. The van der Waals surface area contributed by atoms with E-state index < -0.39 is 12.1 Å². The summed E-state index contributed by atoms with van der Waals surface area (Å²) in [6.45, 7) is 8.34. The second kappa shape index (κ2) is 21.7. The summed E-state index contributed by atoms with van der Waals surface area (Å²) in [6.07, 6.45) is 4.69. The van der Waals surface area contributed by atoms with Gasteiger partial charge >= 0.3 is 12.1 Å². The van der Waals surface area contributed by atoms with Crippen molar-refractivity contribution >= 4 is 40.6 Å². The molecule has 1 aliphatic heterocycles. The zero-order valence-electron chi connectivity index (χ0n) is 31.7. The van der Waals surface area contributed by atoms with E-state index in [0.29, 0.717) is 70.7 Å². The van der Waals surface area contributed by atoms with Gasteiger partial charge < -0.3 is 25.0 Å². The van der Waals surface area contributed by atoms with Gasteiger partial charge in [0.25, 0.3) is 0 Å². The summed E-state index contributed by atoms with van der Waals surface area (Å²) >= 11 is 3.04. The van der Waals surface area contributed by atoms with Gasteiger partial charge in [0, 0.05) is 56.6 Å². The van der Waals surface area contributed by atoms with Crippen LogP contribution in [0.2, 0.25) is 0 Å². The van der Waals surface area contributed by atoms with E-state index in [-0.39, 0.29) is 30.4 Å². The van der Waals surface area contributed by atoms with Crippen molar-refractivity contribution in [3.05, 3.63) is 104 Å². The minimum absolute atomic E-state index is 0.0122. The number of alkyl carbamates (subject to hydrolysis) is 1. The topological polar surface area (TPSA) is 126 Å². The molecule has 1 unspecified atom stereocenters. The molecule has 4 aromatic rings. The van der Waals surface area contributed by atoms with Crippen LogP contribution in [-0.2, 0) is 40.3 Å². The standard InChI is InChI=1S/C41H54N6O5S2/c1-30(2)39-43-35(28-53-39)26-46(3)40(49)45-37(16-17-47-18-20-51-21-19-47)38(48)24-33(22-31-10-6-4-7-11-31)14-15-34(23-32-12-8-5-9-13-32)44-41(50)52-27-36-25-42-29-54-36/h4-13,25,28-30,33-34,37H,14-24,26-27H2,1-3H3,(H,44,50)(H,45,49)/t33-,34-,37?/m1/s1. The number of nitrogens with zero attached hydrogens (tertiary/aromatic N) is 4. The number of nitrogens with one attached hydrogen (secondary N) is 2. The van der Waals surface area contributed by atoms with Crippen LogP contribution in [-0.4, -0.2) is 89.7 Å². The van der Waals surface area contributed by atoms with Crippen LogP contribution < -0.4 is 10.6 Å². The number of thiazole rings is 2. The van der Waals surface area contributed by atoms with Gasteiger partial charge in [-0.2, -0.15) is 0 Å². The minimum atomic E-state index is -0.650.